The number of oxazole rings is 1. The van der Waals surface area contributed by atoms with Crippen molar-refractivity contribution in [3.05, 3.63) is 71.2 Å². The van der Waals surface area contributed by atoms with Crippen LogP contribution in [0.4, 0.5) is 0 Å². The van der Waals surface area contributed by atoms with Crippen molar-refractivity contribution in [3.63, 3.8) is 0 Å². The number of nitrogens with zero attached hydrogens (tertiary/aromatic N) is 2. The summed E-state index contributed by atoms with van der Waals surface area (Å²) >= 11 is 6.05. The highest BCUT2D eigenvalue weighted by Gasteiger charge is 2.14. The van der Waals surface area contributed by atoms with E-state index < -0.39 is 0 Å². The lowest BCUT2D eigenvalue weighted by Gasteiger charge is -2.19. The van der Waals surface area contributed by atoms with E-state index in [1.165, 1.54) is 0 Å². The van der Waals surface area contributed by atoms with Crippen LogP contribution in [0.25, 0.3) is 11.3 Å². The van der Waals surface area contributed by atoms with Crippen molar-refractivity contribution < 1.29 is 13.9 Å². The summed E-state index contributed by atoms with van der Waals surface area (Å²) in [6.07, 6.45) is 2.45. The zero-order valence-electron chi connectivity index (χ0n) is 15.3. The maximum absolute atomic E-state index is 12.5. The molecule has 0 fully saturated rings. The molecule has 0 bridgehead atoms. The molecule has 0 radical (unpaired) electrons. The lowest BCUT2D eigenvalue weighted by molar-refractivity contribution is -0.130. The topological polar surface area (TPSA) is 55.6 Å². The molecule has 2 aromatic carbocycles. The summed E-state index contributed by atoms with van der Waals surface area (Å²) in [6, 6.07) is 15.1. The lowest BCUT2D eigenvalue weighted by Crippen LogP contribution is -2.26. The quantitative estimate of drug-likeness (QED) is 0.597. The van der Waals surface area contributed by atoms with E-state index in [0.29, 0.717) is 41.8 Å². The normalized spacial score (nSPS) is 10.6. The Kier molecular flexibility index (Phi) is 6.14. The van der Waals surface area contributed by atoms with E-state index in [0.717, 1.165) is 11.1 Å². The summed E-state index contributed by atoms with van der Waals surface area (Å²) in [4.78, 5) is 18.4. The Morgan fingerprint density at radius 1 is 1.22 bits per heavy atom. The molecular formula is C21H21ClN2O3. The van der Waals surface area contributed by atoms with Crippen LogP contribution in [-0.4, -0.2) is 29.9 Å². The maximum atomic E-state index is 12.5. The lowest BCUT2D eigenvalue weighted by atomic mass is 10.2. The van der Waals surface area contributed by atoms with Crippen LogP contribution in [0.1, 0.15) is 17.9 Å². The van der Waals surface area contributed by atoms with E-state index in [4.69, 9.17) is 20.8 Å². The van der Waals surface area contributed by atoms with Crippen molar-refractivity contribution in [1.82, 2.24) is 9.88 Å². The highest BCUT2D eigenvalue weighted by molar-refractivity contribution is 6.30. The van der Waals surface area contributed by atoms with Crippen LogP contribution in [-0.2, 0) is 17.8 Å². The van der Waals surface area contributed by atoms with E-state index in [-0.39, 0.29) is 5.91 Å². The van der Waals surface area contributed by atoms with Gasteiger partial charge in [0, 0.05) is 42.6 Å². The van der Waals surface area contributed by atoms with Crippen molar-refractivity contribution in [2.45, 2.75) is 19.4 Å². The first kappa shape index (κ1) is 19.0. The Morgan fingerprint density at radius 3 is 2.74 bits per heavy atom. The summed E-state index contributed by atoms with van der Waals surface area (Å²) in [6.45, 7) is 0.420. The van der Waals surface area contributed by atoms with Crippen molar-refractivity contribution >= 4 is 17.5 Å². The molecule has 0 saturated heterocycles. The number of aryl methyl sites for hydroxylation is 1. The third-order valence-corrected chi connectivity index (χ3v) is 4.48. The van der Waals surface area contributed by atoms with Gasteiger partial charge in [0.2, 0.25) is 5.91 Å². The van der Waals surface area contributed by atoms with E-state index in [2.05, 4.69) is 4.98 Å². The second-order valence-electron chi connectivity index (χ2n) is 6.19. The van der Waals surface area contributed by atoms with Crippen LogP contribution in [0, 0.1) is 0 Å². The van der Waals surface area contributed by atoms with Crippen molar-refractivity contribution in [1.29, 1.82) is 0 Å². The second kappa shape index (κ2) is 8.73. The summed E-state index contributed by atoms with van der Waals surface area (Å²) < 4.78 is 11.1. The molecule has 0 unspecified atom stereocenters. The molecule has 5 nitrogen and oxygen atoms in total. The minimum Gasteiger partial charge on any atom is -0.496 e. The van der Waals surface area contributed by atoms with Crippen molar-refractivity contribution in [2.24, 2.45) is 0 Å². The molecule has 0 aliphatic carbocycles. The predicted octanol–water partition coefficient (Wildman–Crippen LogP) is 4.59. The predicted molar refractivity (Wildman–Crippen MR) is 105 cm³/mol. The minimum absolute atomic E-state index is 0.00325. The van der Waals surface area contributed by atoms with Gasteiger partial charge in [0.25, 0.3) is 0 Å². The first-order chi connectivity index (χ1) is 13.1. The molecule has 140 valence electrons. The zero-order valence-corrected chi connectivity index (χ0v) is 16.1. The van der Waals surface area contributed by atoms with Gasteiger partial charge in [-0.2, -0.15) is 0 Å². The van der Waals surface area contributed by atoms with Gasteiger partial charge in [-0.05, 0) is 18.2 Å². The van der Waals surface area contributed by atoms with Crippen LogP contribution < -0.4 is 4.74 Å². The SMILES string of the molecule is COc1ccc(Cl)cc1CN(C)C(=O)CCc1ncc(-c2ccccc2)o1. The van der Waals surface area contributed by atoms with E-state index in [1.54, 1.807) is 37.4 Å². The van der Waals surface area contributed by atoms with Crippen LogP contribution in [0.15, 0.2) is 59.1 Å². The molecule has 0 saturated carbocycles. The number of carbonyl (C=O) groups is 1. The molecule has 1 heterocycles. The van der Waals surface area contributed by atoms with Crippen molar-refractivity contribution in [2.75, 3.05) is 14.2 Å². The second-order valence-corrected chi connectivity index (χ2v) is 6.63. The highest BCUT2D eigenvalue weighted by atomic mass is 35.5. The molecule has 3 rings (SSSR count). The van der Waals surface area contributed by atoms with Crippen LogP contribution in [0.3, 0.4) is 0 Å². The van der Waals surface area contributed by atoms with Crippen molar-refractivity contribution in [3.8, 4) is 17.1 Å². The summed E-state index contributed by atoms with van der Waals surface area (Å²) in [7, 11) is 3.36. The number of carbonyl (C=O) groups excluding carboxylic acids is 1. The Bertz CT molecular complexity index is 909. The molecule has 3 aromatic rings. The Hall–Kier alpha value is -2.79. The fourth-order valence-corrected chi connectivity index (χ4v) is 2.98. The van der Waals surface area contributed by atoms with E-state index >= 15 is 0 Å². The molecule has 0 atom stereocenters. The van der Waals surface area contributed by atoms with Gasteiger partial charge in [-0.15, -0.1) is 0 Å². The highest BCUT2D eigenvalue weighted by Crippen LogP contribution is 2.24. The first-order valence-corrected chi connectivity index (χ1v) is 9.01. The number of amides is 1. The van der Waals surface area contributed by atoms with Gasteiger partial charge >= 0.3 is 0 Å². The third kappa shape index (κ3) is 4.89. The van der Waals surface area contributed by atoms with Gasteiger partial charge in [0.15, 0.2) is 11.7 Å². The van der Waals surface area contributed by atoms with Gasteiger partial charge in [-0.25, -0.2) is 4.98 Å². The van der Waals surface area contributed by atoms with Gasteiger partial charge in [0.1, 0.15) is 5.75 Å². The van der Waals surface area contributed by atoms with Crippen LogP contribution >= 0.6 is 11.6 Å². The Labute approximate surface area is 163 Å². The Morgan fingerprint density at radius 2 is 2.00 bits per heavy atom. The summed E-state index contributed by atoms with van der Waals surface area (Å²) in [5.41, 5.74) is 1.83. The Balaban J connectivity index is 1.58. The number of methoxy groups -OCH3 is 1. The number of hydrogen-bond donors (Lipinski definition) is 0. The van der Waals surface area contributed by atoms with Gasteiger partial charge in [0.05, 0.1) is 13.3 Å². The molecule has 27 heavy (non-hydrogen) atoms. The van der Waals surface area contributed by atoms with E-state index in [9.17, 15) is 4.79 Å². The maximum Gasteiger partial charge on any atom is 0.223 e. The number of halogens is 1. The van der Waals surface area contributed by atoms with Gasteiger partial charge in [-0.3, -0.25) is 4.79 Å². The molecular weight excluding hydrogens is 364 g/mol. The average molecular weight is 385 g/mol. The molecule has 1 amide bonds. The summed E-state index contributed by atoms with van der Waals surface area (Å²) in [5.74, 6) is 1.96. The largest absolute Gasteiger partial charge is 0.496 e. The number of aromatic nitrogens is 1. The molecule has 0 aliphatic rings. The number of hydrogen-bond acceptors (Lipinski definition) is 4. The standard InChI is InChI=1S/C21H21ClN2O3/c1-24(14-16-12-17(22)8-9-18(16)26-2)21(25)11-10-20-23-13-19(27-20)15-6-4-3-5-7-15/h3-9,12-13H,10-11,14H2,1-2H3. The van der Waals surface area contributed by atoms with Crippen LogP contribution in [0.2, 0.25) is 5.02 Å². The monoisotopic (exact) mass is 384 g/mol. The molecule has 0 spiro atoms. The van der Waals surface area contributed by atoms with Gasteiger partial charge < -0.3 is 14.1 Å². The fraction of sp³-hybridized carbons (Fsp3) is 0.238. The van der Waals surface area contributed by atoms with E-state index in [1.807, 2.05) is 36.4 Å². The van der Waals surface area contributed by atoms with Crippen LogP contribution in [0.5, 0.6) is 5.75 Å². The molecule has 6 heteroatoms. The smallest absolute Gasteiger partial charge is 0.223 e. The third-order valence-electron chi connectivity index (χ3n) is 4.24. The number of benzene rings is 2. The fourth-order valence-electron chi connectivity index (χ4n) is 2.78. The first-order valence-electron chi connectivity index (χ1n) is 8.63. The minimum atomic E-state index is -0.00325. The number of rotatable bonds is 7. The number of ether oxygens (including phenoxy) is 1. The molecule has 0 aliphatic heterocycles. The summed E-state index contributed by atoms with van der Waals surface area (Å²) in [5, 5.41) is 0.611. The molecule has 0 N–H and O–H groups in total. The van der Waals surface area contributed by atoms with Gasteiger partial charge in [-0.1, -0.05) is 41.9 Å². The zero-order chi connectivity index (χ0) is 19.2. The average Bonchev–Trinajstić information content (AvgIpc) is 3.16. The molecule has 1 aromatic heterocycles.